The van der Waals surface area contributed by atoms with E-state index in [0.29, 0.717) is 42.1 Å². The number of rotatable bonds is 5. The van der Waals surface area contributed by atoms with E-state index in [2.05, 4.69) is 31.1 Å². The van der Waals surface area contributed by atoms with Crippen LogP contribution < -0.4 is 16.0 Å². The zero-order chi connectivity index (χ0) is 24.0. The Kier molecular flexibility index (Phi) is 5.44. The largest absolute Gasteiger partial charge is 0.353 e. The summed E-state index contributed by atoms with van der Waals surface area (Å²) in [5.74, 6) is 0.449. The maximum absolute atomic E-state index is 12.5. The molecule has 1 saturated heterocycles. The minimum Gasteiger partial charge on any atom is -0.353 e. The fourth-order valence-electron chi connectivity index (χ4n) is 3.87. The fourth-order valence-corrected chi connectivity index (χ4v) is 4.70. The molecule has 1 fully saturated rings. The summed E-state index contributed by atoms with van der Waals surface area (Å²) in [6, 6.07) is 4.46. The number of anilines is 1. The number of carbonyl (C=O) groups is 1. The van der Waals surface area contributed by atoms with Crippen LogP contribution in [0, 0.1) is 0 Å². The van der Waals surface area contributed by atoms with Gasteiger partial charge in [-0.3, -0.25) is 9.48 Å². The molecule has 0 spiro atoms. The van der Waals surface area contributed by atoms with Crippen molar-refractivity contribution in [3.63, 3.8) is 0 Å². The normalized spacial score (nSPS) is 17.3. The molecule has 34 heavy (non-hydrogen) atoms. The molecule has 12 nitrogen and oxygen atoms in total. The van der Waals surface area contributed by atoms with Gasteiger partial charge in [0.1, 0.15) is 6.04 Å². The van der Waals surface area contributed by atoms with Gasteiger partial charge in [-0.25, -0.2) is 18.4 Å². The van der Waals surface area contributed by atoms with Gasteiger partial charge in [0.15, 0.2) is 21.3 Å². The zero-order valence-corrected chi connectivity index (χ0v) is 19.8. The minimum atomic E-state index is -3.57. The lowest BCUT2D eigenvalue weighted by Gasteiger charge is -2.17. The van der Waals surface area contributed by atoms with Crippen LogP contribution in [0.3, 0.4) is 0 Å². The van der Waals surface area contributed by atoms with Gasteiger partial charge in [-0.05, 0) is 26.0 Å². The SMILES string of the molecule is CC(C)n1cc(-c2nc3c4cccc(S(C)(=O)=O)c4nc(N[C@@H]4CNCCNC4=O)n3n2)cn1. The molecule has 4 heterocycles. The summed E-state index contributed by atoms with van der Waals surface area (Å²) in [5, 5.41) is 18.7. The minimum absolute atomic E-state index is 0.0798. The maximum atomic E-state index is 12.5. The molecule has 0 bridgehead atoms. The van der Waals surface area contributed by atoms with Gasteiger partial charge in [-0.1, -0.05) is 6.07 Å². The highest BCUT2D eigenvalue weighted by atomic mass is 32.2. The predicted octanol–water partition coefficient (Wildman–Crippen LogP) is 0.625. The quantitative estimate of drug-likeness (QED) is 0.371. The average molecular weight is 484 g/mol. The monoisotopic (exact) mass is 483 g/mol. The summed E-state index contributed by atoms with van der Waals surface area (Å²) < 4.78 is 28.3. The molecule has 4 aromatic rings. The molecular formula is C21H25N9O3S. The molecule has 0 aliphatic carbocycles. The Labute approximate surface area is 195 Å². The van der Waals surface area contributed by atoms with Gasteiger partial charge in [0.2, 0.25) is 11.9 Å². The molecule has 0 saturated carbocycles. The Balaban J connectivity index is 1.73. The van der Waals surface area contributed by atoms with Crippen LogP contribution >= 0.6 is 0 Å². The van der Waals surface area contributed by atoms with Gasteiger partial charge >= 0.3 is 0 Å². The number of sulfone groups is 1. The van der Waals surface area contributed by atoms with Crippen LogP contribution in [0.1, 0.15) is 19.9 Å². The summed E-state index contributed by atoms with van der Waals surface area (Å²) in [5.41, 5.74) is 1.40. The van der Waals surface area contributed by atoms with E-state index >= 15 is 0 Å². The summed E-state index contributed by atoms with van der Waals surface area (Å²) in [7, 11) is -3.57. The predicted molar refractivity (Wildman–Crippen MR) is 126 cm³/mol. The molecule has 0 radical (unpaired) electrons. The number of hydrogen-bond donors (Lipinski definition) is 3. The van der Waals surface area contributed by atoms with E-state index in [4.69, 9.17) is 4.98 Å². The summed E-state index contributed by atoms with van der Waals surface area (Å²) in [4.78, 5) is 21.9. The second-order valence-electron chi connectivity index (χ2n) is 8.53. The van der Waals surface area contributed by atoms with E-state index in [-0.39, 0.29) is 28.3 Å². The maximum Gasteiger partial charge on any atom is 0.243 e. The second kappa shape index (κ2) is 8.33. The van der Waals surface area contributed by atoms with E-state index in [9.17, 15) is 13.2 Å². The van der Waals surface area contributed by atoms with Crippen LogP contribution in [-0.4, -0.2) is 75.6 Å². The highest BCUT2D eigenvalue weighted by Gasteiger charge is 2.25. The molecule has 3 N–H and O–H groups in total. The molecular weight excluding hydrogens is 458 g/mol. The molecule has 1 atom stereocenters. The van der Waals surface area contributed by atoms with E-state index in [0.717, 1.165) is 6.26 Å². The first-order valence-electron chi connectivity index (χ1n) is 10.9. The fraction of sp³-hybridized carbons (Fsp3) is 0.381. The van der Waals surface area contributed by atoms with Crippen molar-refractivity contribution in [1.29, 1.82) is 0 Å². The number of nitrogens with one attached hydrogen (secondary N) is 3. The Morgan fingerprint density at radius 3 is 2.76 bits per heavy atom. The summed E-state index contributed by atoms with van der Waals surface area (Å²) in [6.07, 6.45) is 4.67. The summed E-state index contributed by atoms with van der Waals surface area (Å²) in [6.45, 7) is 5.58. The Bertz CT molecular complexity index is 1510. The number of hydrogen-bond acceptors (Lipinski definition) is 9. The van der Waals surface area contributed by atoms with E-state index in [1.54, 1.807) is 23.0 Å². The molecule has 1 amide bonds. The zero-order valence-electron chi connectivity index (χ0n) is 19.0. The topological polar surface area (TPSA) is 148 Å². The van der Waals surface area contributed by atoms with Crippen molar-refractivity contribution in [2.75, 3.05) is 31.2 Å². The van der Waals surface area contributed by atoms with E-state index in [1.165, 1.54) is 10.6 Å². The standard InChI is InChI=1S/C21H25N9O3S/c1-12(2)29-11-13(9-24-29)18-27-19-14-5-4-6-16(34(3,32)33)17(14)26-21(30(19)28-18)25-15-10-22-7-8-23-20(15)31/h4-6,9,11-12,15,22H,7-8,10H2,1-3H3,(H,23,31)(H,25,26)/t15-/m1/s1. The first kappa shape index (κ1) is 22.2. The van der Waals surface area contributed by atoms with Gasteiger partial charge in [0.25, 0.3) is 0 Å². The molecule has 178 valence electrons. The Hall–Kier alpha value is -3.58. The smallest absolute Gasteiger partial charge is 0.243 e. The lowest BCUT2D eigenvalue weighted by molar-refractivity contribution is -0.121. The lowest BCUT2D eigenvalue weighted by atomic mass is 10.2. The van der Waals surface area contributed by atoms with Crippen molar-refractivity contribution >= 4 is 38.2 Å². The van der Waals surface area contributed by atoms with Crippen molar-refractivity contribution in [2.24, 2.45) is 0 Å². The van der Waals surface area contributed by atoms with Crippen molar-refractivity contribution in [3.05, 3.63) is 30.6 Å². The van der Waals surface area contributed by atoms with Gasteiger partial charge in [0, 0.05) is 43.5 Å². The molecule has 1 aliphatic heterocycles. The van der Waals surface area contributed by atoms with E-state index < -0.39 is 15.9 Å². The highest BCUT2D eigenvalue weighted by molar-refractivity contribution is 7.91. The van der Waals surface area contributed by atoms with Crippen LogP contribution in [0.15, 0.2) is 35.5 Å². The van der Waals surface area contributed by atoms with Crippen molar-refractivity contribution in [2.45, 2.75) is 30.8 Å². The molecule has 5 rings (SSSR count). The number of benzene rings is 1. The van der Waals surface area contributed by atoms with Crippen LogP contribution in [0.25, 0.3) is 27.9 Å². The third-order valence-electron chi connectivity index (χ3n) is 5.62. The van der Waals surface area contributed by atoms with Crippen molar-refractivity contribution in [3.8, 4) is 11.4 Å². The van der Waals surface area contributed by atoms with Crippen LogP contribution in [-0.2, 0) is 14.6 Å². The Morgan fingerprint density at radius 1 is 1.21 bits per heavy atom. The summed E-state index contributed by atoms with van der Waals surface area (Å²) >= 11 is 0. The average Bonchev–Trinajstić information content (AvgIpc) is 3.40. The number of fused-ring (bicyclic) bond motifs is 3. The van der Waals surface area contributed by atoms with Crippen LogP contribution in [0.5, 0.6) is 0 Å². The molecule has 0 unspecified atom stereocenters. The third-order valence-corrected chi connectivity index (χ3v) is 6.75. The Morgan fingerprint density at radius 2 is 2.03 bits per heavy atom. The van der Waals surface area contributed by atoms with Crippen LogP contribution in [0.2, 0.25) is 0 Å². The number of para-hydroxylation sites is 1. The molecule has 13 heteroatoms. The number of amides is 1. The van der Waals surface area contributed by atoms with Gasteiger partial charge < -0.3 is 16.0 Å². The van der Waals surface area contributed by atoms with E-state index in [1.807, 2.05) is 20.0 Å². The van der Waals surface area contributed by atoms with Crippen molar-refractivity contribution < 1.29 is 13.2 Å². The number of carbonyl (C=O) groups excluding carboxylic acids is 1. The molecule has 1 aromatic carbocycles. The first-order chi connectivity index (χ1) is 16.2. The first-order valence-corrected chi connectivity index (χ1v) is 12.8. The molecule has 1 aliphatic rings. The van der Waals surface area contributed by atoms with Gasteiger partial charge in [0.05, 0.1) is 22.2 Å². The highest BCUT2D eigenvalue weighted by Crippen LogP contribution is 2.28. The number of nitrogens with zero attached hydrogens (tertiary/aromatic N) is 6. The molecule has 3 aromatic heterocycles. The van der Waals surface area contributed by atoms with Gasteiger partial charge in [-0.15, -0.1) is 5.10 Å². The second-order valence-corrected chi connectivity index (χ2v) is 10.5. The number of aromatic nitrogens is 6. The lowest BCUT2D eigenvalue weighted by Crippen LogP contribution is -2.42. The van der Waals surface area contributed by atoms with Gasteiger partial charge in [-0.2, -0.15) is 9.61 Å². The van der Waals surface area contributed by atoms with Crippen LogP contribution in [0.4, 0.5) is 5.95 Å². The van der Waals surface area contributed by atoms with Crippen molar-refractivity contribution in [1.82, 2.24) is 40.0 Å². The third kappa shape index (κ3) is 3.96.